The molecule has 0 atom stereocenters. The first-order valence-electron chi connectivity index (χ1n) is 3.18. The van der Waals surface area contributed by atoms with Crippen molar-refractivity contribution in [2.24, 2.45) is 0 Å². The number of benzene rings is 1. The molecule has 1 aromatic carbocycles. The third-order valence-electron chi connectivity index (χ3n) is 1.75. The summed E-state index contributed by atoms with van der Waals surface area (Å²) in [6.45, 7) is 3.76. The molecule has 11 heavy (non-hydrogen) atoms. The molecule has 0 saturated heterocycles. The molecule has 0 fully saturated rings. The Morgan fingerprint density at radius 1 is 1.36 bits per heavy atom. The zero-order valence-corrected chi connectivity index (χ0v) is 8.62. The molecule has 60 valence electrons. The van der Waals surface area contributed by atoms with Gasteiger partial charge in [0.2, 0.25) is 0 Å². The quantitative estimate of drug-likeness (QED) is 0.730. The van der Waals surface area contributed by atoms with Crippen LogP contribution in [0, 0.1) is 13.8 Å². The van der Waals surface area contributed by atoms with Crippen LogP contribution in [0.4, 0.5) is 0 Å². The van der Waals surface area contributed by atoms with Crippen molar-refractivity contribution < 1.29 is 5.11 Å². The number of phenols is 1. The fraction of sp³-hybridized carbons (Fsp3) is 0.250. The van der Waals surface area contributed by atoms with Gasteiger partial charge in [0, 0.05) is 4.47 Å². The number of aromatic hydroxyl groups is 1. The molecule has 0 aliphatic carbocycles. The molecule has 1 N–H and O–H groups in total. The molecule has 0 heterocycles. The predicted molar refractivity (Wildman–Crippen MR) is 50.3 cm³/mol. The lowest BCUT2D eigenvalue weighted by Gasteiger charge is -2.06. The average molecular weight is 236 g/mol. The number of hydrogen-bond acceptors (Lipinski definition) is 1. The van der Waals surface area contributed by atoms with Gasteiger partial charge in [0.25, 0.3) is 0 Å². The van der Waals surface area contributed by atoms with Gasteiger partial charge < -0.3 is 5.11 Å². The average Bonchev–Trinajstić information content (AvgIpc) is 1.97. The maximum atomic E-state index is 9.30. The molecule has 1 nitrogen and oxygen atoms in total. The fourth-order valence-corrected chi connectivity index (χ4v) is 1.48. The van der Waals surface area contributed by atoms with Crippen LogP contribution in [0.5, 0.6) is 5.75 Å². The van der Waals surface area contributed by atoms with Gasteiger partial charge >= 0.3 is 0 Å². The molecule has 3 heteroatoms. The van der Waals surface area contributed by atoms with Crippen LogP contribution in [0.1, 0.15) is 11.1 Å². The second-order valence-electron chi connectivity index (χ2n) is 2.44. The highest BCUT2D eigenvalue weighted by atomic mass is 79.9. The van der Waals surface area contributed by atoms with E-state index in [2.05, 4.69) is 15.9 Å². The van der Waals surface area contributed by atoms with E-state index in [1.165, 1.54) is 6.07 Å². The van der Waals surface area contributed by atoms with Crippen LogP contribution in [0.2, 0.25) is 5.02 Å². The molecule has 0 aliphatic heterocycles. The molecule has 0 radical (unpaired) electrons. The SMILES string of the molecule is Cc1c(O)cc(Cl)c(Br)c1C. The van der Waals surface area contributed by atoms with Gasteiger partial charge in [-0.2, -0.15) is 0 Å². The smallest absolute Gasteiger partial charge is 0.120 e. The second-order valence-corrected chi connectivity index (χ2v) is 3.64. The highest BCUT2D eigenvalue weighted by Crippen LogP contribution is 2.33. The lowest BCUT2D eigenvalue weighted by molar-refractivity contribution is 0.470. The standard InChI is InChI=1S/C8H8BrClO/c1-4-5(2)8(9)6(10)3-7(4)11/h3,11H,1-2H3. The molecule has 0 saturated carbocycles. The van der Waals surface area contributed by atoms with Gasteiger partial charge in [-0.15, -0.1) is 0 Å². The third-order valence-corrected chi connectivity index (χ3v) is 3.30. The van der Waals surface area contributed by atoms with Crippen molar-refractivity contribution in [3.05, 3.63) is 26.7 Å². The fourth-order valence-electron chi connectivity index (χ4n) is 0.827. The van der Waals surface area contributed by atoms with Gasteiger partial charge in [0.1, 0.15) is 5.75 Å². The van der Waals surface area contributed by atoms with Gasteiger partial charge in [-0.05, 0) is 47.0 Å². The van der Waals surface area contributed by atoms with E-state index in [4.69, 9.17) is 11.6 Å². The zero-order valence-electron chi connectivity index (χ0n) is 6.28. The lowest BCUT2D eigenvalue weighted by Crippen LogP contribution is -1.84. The number of rotatable bonds is 0. The van der Waals surface area contributed by atoms with Crippen LogP contribution in [-0.2, 0) is 0 Å². The molecular formula is C8H8BrClO. The zero-order chi connectivity index (χ0) is 8.59. The van der Waals surface area contributed by atoms with Crippen LogP contribution in [0.15, 0.2) is 10.5 Å². The molecule has 0 aromatic heterocycles. The highest BCUT2D eigenvalue weighted by molar-refractivity contribution is 9.10. The number of hydrogen-bond donors (Lipinski definition) is 1. The Morgan fingerprint density at radius 2 is 1.91 bits per heavy atom. The third kappa shape index (κ3) is 1.52. The molecular weight excluding hydrogens is 227 g/mol. The van der Waals surface area contributed by atoms with Crippen molar-refractivity contribution >= 4 is 27.5 Å². The predicted octanol–water partition coefficient (Wildman–Crippen LogP) is 3.42. The highest BCUT2D eigenvalue weighted by Gasteiger charge is 2.07. The van der Waals surface area contributed by atoms with Gasteiger partial charge in [0.05, 0.1) is 5.02 Å². The van der Waals surface area contributed by atoms with Crippen molar-refractivity contribution in [1.29, 1.82) is 0 Å². The van der Waals surface area contributed by atoms with Gasteiger partial charge in [-0.3, -0.25) is 0 Å². The van der Waals surface area contributed by atoms with E-state index in [1.54, 1.807) is 0 Å². The summed E-state index contributed by atoms with van der Waals surface area (Å²) in [4.78, 5) is 0. The summed E-state index contributed by atoms with van der Waals surface area (Å²) in [7, 11) is 0. The van der Waals surface area contributed by atoms with E-state index in [-0.39, 0.29) is 5.75 Å². The molecule has 0 aliphatic rings. The van der Waals surface area contributed by atoms with Crippen molar-refractivity contribution in [2.45, 2.75) is 13.8 Å². The van der Waals surface area contributed by atoms with Crippen LogP contribution >= 0.6 is 27.5 Å². The van der Waals surface area contributed by atoms with Crippen molar-refractivity contribution in [2.75, 3.05) is 0 Å². The van der Waals surface area contributed by atoms with Crippen molar-refractivity contribution in [3.8, 4) is 5.75 Å². The molecule has 1 rings (SSSR count). The monoisotopic (exact) mass is 234 g/mol. The maximum Gasteiger partial charge on any atom is 0.120 e. The van der Waals surface area contributed by atoms with Crippen molar-refractivity contribution in [1.82, 2.24) is 0 Å². The van der Waals surface area contributed by atoms with Crippen molar-refractivity contribution in [3.63, 3.8) is 0 Å². The Bertz CT molecular complexity index is 270. The van der Waals surface area contributed by atoms with Crippen LogP contribution in [-0.4, -0.2) is 5.11 Å². The minimum absolute atomic E-state index is 0.246. The number of phenolic OH excluding ortho intramolecular Hbond substituents is 1. The molecule has 0 bridgehead atoms. The second kappa shape index (κ2) is 3.03. The summed E-state index contributed by atoms with van der Waals surface area (Å²) in [5.74, 6) is 0.246. The molecule has 0 spiro atoms. The van der Waals surface area contributed by atoms with Gasteiger partial charge in [0.15, 0.2) is 0 Å². The van der Waals surface area contributed by atoms with Crippen LogP contribution in [0.25, 0.3) is 0 Å². The minimum atomic E-state index is 0.246. The number of halogens is 2. The summed E-state index contributed by atoms with van der Waals surface area (Å²) in [5.41, 5.74) is 1.84. The van der Waals surface area contributed by atoms with E-state index in [0.29, 0.717) is 5.02 Å². The summed E-state index contributed by atoms with van der Waals surface area (Å²) < 4.78 is 0.856. The first kappa shape index (κ1) is 8.88. The lowest BCUT2D eigenvalue weighted by atomic mass is 10.1. The van der Waals surface area contributed by atoms with Crippen LogP contribution in [0.3, 0.4) is 0 Å². The van der Waals surface area contributed by atoms with E-state index in [1.807, 2.05) is 13.8 Å². The maximum absolute atomic E-state index is 9.30. The van der Waals surface area contributed by atoms with Gasteiger partial charge in [-0.25, -0.2) is 0 Å². The Kier molecular flexibility index (Phi) is 2.45. The summed E-state index contributed by atoms with van der Waals surface area (Å²) >= 11 is 9.11. The Balaban J connectivity index is 3.46. The van der Waals surface area contributed by atoms with E-state index < -0.39 is 0 Å². The van der Waals surface area contributed by atoms with E-state index in [9.17, 15) is 5.11 Å². The molecule has 0 amide bonds. The van der Waals surface area contributed by atoms with Crippen LogP contribution < -0.4 is 0 Å². The largest absolute Gasteiger partial charge is 0.508 e. The Morgan fingerprint density at radius 3 is 2.45 bits per heavy atom. The summed E-state index contributed by atoms with van der Waals surface area (Å²) in [6, 6.07) is 1.54. The van der Waals surface area contributed by atoms with E-state index >= 15 is 0 Å². The molecule has 1 aromatic rings. The van der Waals surface area contributed by atoms with Gasteiger partial charge in [-0.1, -0.05) is 11.6 Å². The first-order chi connectivity index (χ1) is 5.04. The topological polar surface area (TPSA) is 20.2 Å². The Labute approximate surface area is 79.1 Å². The normalized spacial score (nSPS) is 10.2. The minimum Gasteiger partial charge on any atom is -0.508 e. The summed E-state index contributed by atoms with van der Waals surface area (Å²) in [5, 5.41) is 9.85. The molecule has 0 unspecified atom stereocenters. The Hall–Kier alpha value is -0.210. The summed E-state index contributed by atoms with van der Waals surface area (Å²) in [6.07, 6.45) is 0. The first-order valence-corrected chi connectivity index (χ1v) is 4.35. The van der Waals surface area contributed by atoms with E-state index in [0.717, 1.165) is 15.6 Å².